The zero-order chi connectivity index (χ0) is 20.4. The molecule has 0 bridgehead atoms. The number of amides is 2. The summed E-state index contributed by atoms with van der Waals surface area (Å²) in [7, 11) is 0. The van der Waals surface area contributed by atoms with Crippen LogP contribution in [0.3, 0.4) is 0 Å². The monoisotopic (exact) mass is 424 g/mol. The van der Waals surface area contributed by atoms with Crippen LogP contribution in [0, 0.1) is 5.92 Å². The van der Waals surface area contributed by atoms with Crippen molar-refractivity contribution in [2.24, 2.45) is 5.92 Å². The van der Waals surface area contributed by atoms with E-state index in [0.717, 1.165) is 4.88 Å². The molecular formula is C18H20N2O6S2. The van der Waals surface area contributed by atoms with E-state index < -0.39 is 29.3 Å². The first-order valence-corrected chi connectivity index (χ1v) is 10.6. The first-order chi connectivity index (χ1) is 13.3. The zero-order valence-corrected chi connectivity index (χ0v) is 17.0. The smallest absolute Gasteiger partial charge is 0.352 e. The number of nitrogens with one attached hydrogen (secondary N) is 1. The van der Waals surface area contributed by atoms with Gasteiger partial charge in [-0.25, -0.2) is 4.79 Å². The van der Waals surface area contributed by atoms with Crippen molar-refractivity contribution in [3.8, 4) is 0 Å². The van der Waals surface area contributed by atoms with Crippen LogP contribution in [0.15, 0.2) is 28.8 Å². The second-order valence-corrected chi connectivity index (χ2v) is 8.87. The maximum atomic E-state index is 12.5. The lowest BCUT2D eigenvalue weighted by atomic mass is 10.0. The topological polar surface area (TPSA) is 113 Å². The number of hydrogen-bond acceptors (Lipinski definition) is 7. The van der Waals surface area contributed by atoms with Crippen LogP contribution in [0.25, 0.3) is 0 Å². The molecule has 2 N–H and O–H groups in total. The number of esters is 1. The number of carbonyl (C=O) groups excluding carboxylic acids is 3. The molecule has 2 amide bonds. The molecule has 0 aromatic carbocycles. The summed E-state index contributed by atoms with van der Waals surface area (Å²) < 4.78 is 5.14. The van der Waals surface area contributed by atoms with Gasteiger partial charge in [0.2, 0.25) is 5.91 Å². The van der Waals surface area contributed by atoms with Gasteiger partial charge in [0.15, 0.2) is 0 Å². The van der Waals surface area contributed by atoms with Crippen LogP contribution in [0.2, 0.25) is 0 Å². The van der Waals surface area contributed by atoms with Gasteiger partial charge >= 0.3 is 11.9 Å². The summed E-state index contributed by atoms with van der Waals surface area (Å²) in [6.07, 6.45) is 0.177. The van der Waals surface area contributed by atoms with Crippen LogP contribution in [-0.4, -0.2) is 57.5 Å². The minimum atomic E-state index is -1.25. The number of carboxylic acid groups (broad SMARTS) is 1. The van der Waals surface area contributed by atoms with Crippen LogP contribution in [-0.2, 0) is 30.3 Å². The third-order valence-electron chi connectivity index (χ3n) is 4.34. The van der Waals surface area contributed by atoms with Crippen LogP contribution in [0.1, 0.15) is 18.7 Å². The lowest BCUT2D eigenvalue weighted by molar-refractivity contribution is -0.151. The Balaban J connectivity index is 1.68. The van der Waals surface area contributed by atoms with Gasteiger partial charge in [-0.15, -0.1) is 23.1 Å². The molecule has 1 aromatic heterocycles. The number of rotatable bonds is 7. The number of β-lactam (4-membered cyclic amide) rings is 1. The fourth-order valence-corrected chi connectivity index (χ4v) is 4.95. The number of fused-ring (bicyclic) bond motifs is 1. The molecule has 150 valence electrons. The molecule has 1 unspecified atom stereocenters. The molecular weight excluding hydrogens is 404 g/mol. The molecule has 3 rings (SSSR count). The minimum Gasteiger partial charge on any atom is -0.477 e. The second kappa shape index (κ2) is 8.36. The predicted molar refractivity (Wildman–Crippen MR) is 104 cm³/mol. The van der Waals surface area contributed by atoms with Crippen molar-refractivity contribution in [1.29, 1.82) is 0 Å². The van der Waals surface area contributed by atoms with Crippen molar-refractivity contribution in [1.82, 2.24) is 10.2 Å². The number of thiophene rings is 1. The second-order valence-electron chi connectivity index (χ2n) is 6.73. The van der Waals surface area contributed by atoms with Gasteiger partial charge in [0.1, 0.15) is 23.7 Å². The summed E-state index contributed by atoms with van der Waals surface area (Å²) in [5.74, 6) is -2.46. The average molecular weight is 425 g/mol. The third kappa shape index (κ3) is 4.07. The fraction of sp³-hybridized carbons (Fsp3) is 0.444. The Bertz CT molecular complexity index is 833. The Kier molecular flexibility index (Phi) is 6.09. The molecule has 0 aliphatic carbocycles. The Hall–Kier alpha value is -2.33. The van der Waals surface area contributed by atoms with E-state index in [0.29, 0.717) is 11.3 Å². The molecule has 3 heterocycles. The van der Waals surface area contributed by atoms with Crippen LogP contribution in [0.5, 0.6) is 0 Å². The number of carboxylic acids is 1. The minimum absolute atomic E-state index is 0.158. The SMILES string of the molecule is CC(C)C(=O)OCC1=C(C(=O)O)N2C(=O)C(NC(=O)Cc3cccs3)[C@H]2SC1. The summed E-state index contributed by atoms with van der Waals surface area (Å²) in [4.78, 5) is 50.2. The van der Waals surface area contributed by atoms with Crippen molar-refractivity contribution in [2.45, 2.75) is 31.7 Å². The lowest BCUT2D eigenvalue weighted by Crippen LogP contribution is -2.70. The Morgan fingerprint density at radius 2 is 2.14 bits per heavy atom. The molecule has 2 aliphatic heterocycles. The largest absolute Gasteiger partial charge is 0.477 e. The molecule has 0 spiro atoms. The zero-order valence-electron chi connectivity index (χ0n) is 15.3. The van der Waals surface area contributed by atoms with Crippen molar-refractivity contribution in [3.63, 3.8) is 0 Å². The van der Waals surface area contributed by atoms with Gasteiger partial charge < -0.3 is 15.2 Å². The quantitative estimate of drug-likeness (QED) is 0.500. The molecule has 1 fully saturated rings. The standard InChI is InChI=1S/C18H20N2O6S2/c1-9(2)18(25)26-7-10-8-28-16-13(15(22)20(16)14(10)17(23)24)19-12(21)6-11-4-3-5-27-11/h3-5,9,13,16H,6-8H2,1-2H3,(H,19,21)(H,23,24)/t13?,16-/m1/s1. The van der Waals surface area contributed by atoms with Gasteiger partial charge in [0.05, 0.1) is 12.3 Å². The highest BCUT2D eigenvalue weighted by Crippen LogP contribution is 2.40. The number of aliphatic carboxylic acids is 1. The molecule has 8 nitrogen and oxygen atoms in total. The maximum Gasteiger partial charge on any atom is 0.352 e. The van der Waals surface area contributed by atoms with Crippen LogP contribution in [0.4, 0.5) is 0 Å². The normalized spacial score (nSPS) is 21.2. The number of hydrogen-bond donors (Lipinski definition) is 2. The van der Waals surface area contributed by atoms with Gasteiger partial charge in [-0.3, -0.25) is 19.3 Å². The summed E-state index contributed by atoms with van der Waals surface area (Å²) in [5, 5.41) is 13.7. The van der Waals surface area contributed by atoms with Crippen LogP contribution >= 0.6 is 23.1 Å². The summed E-state index contributed by atoms with van der Waals surface area (Å²) >= 11 is 2.80. The highest BCUT2D eigenvalue weighted by Gasteiger charge is 2.54. The number of nitrogens with zero attached hydrogens (tertiary/aromatic N) is 1. The first kappa shape index (κ1) is 20.4. The highest BCUT2D eigenvalue weighted by atomic mass is 32.2. The van der Waals surface area contributed by atoms with Gasteiger partial charge in [-0.2, -0.15) is 0 Å². The molecule has 1 aromatic rings. The highest BCUT2D eigenvalue weighted by molar-refractivity contribution is 8.00. The van der Waals surface area contributed by atoms with Gasteiger partial charge in [0.25, 0.3) is 5.91 Å². The number of carbonyl (C=O) groups is 4. The van der Waals surface area contributed by atoms with Crippen molar-refractivity contribution >= 4 is 46.9 Å². The van der Waals surface area contributed by atoms with Crippen molar-refractivity contribution in [3.05, 3.63) is 33.7 Å². The van der Waals surface area contributed by atoms with Gasteiger partial charge in [0, 0.05) is 16.2 Å². The average Bonchev–Trinajstić information content (AvgIpc) is 3.15. The number of thioether (sulfide) groups is 1. The summed E-state index contributed by atoms with van der Waals surface area (Å²) in [6.45, 7) is 3.20. The van der Waals surface area contributed by atoms with Crippen molar-refractivity contribution in [2.75, 3.05) is 12.4 Å². The third-order valence-corrected chi connectivity index (χ3v) is 6.56. The molecule has 2 atom stereocenters. The first-order valence-electron chi connectivity index (χ1n) is 8.68. The van der Waals surface area contributed by atoms with E-state index in [1.807, 2.05) is 17.5 Å². The molecule has 2 aliphatic rings. The lowest BCUT2D eigenvalue weighted by Gasteiger charge is -2.49. The van der Waals surface area contributed by atoms with E-state index in [9.17, 15) is 24.3 Å². The van der Waals surface area contributed by atoms with Gasteiger partial charge in [-0.1, -0.05) is 19.9 Å². The predicted octanol–water partition coefficient (Wildman–Crippen LogP) is 1.23. The summed E-state index contributed by atoms with van der Waals surface area (Å²) in [5.41, 5.74) is 0.216. The van der Waals surface area contributed by atoms with E-state index in [1.165, 1.54) is 28.0 Å². The summed E-state index contributed by atoms with van der Waals surface area (Å²) in [6, 6.07) is 2.93. The van der Waals surface area contributed by atoms with E-state index >= 15 is 0 Å². The Morgan fingerprint density at radius 3 is 2.75 bits per heavy atom. The molecule has 1 saturated heterocycles. The Morgan fingerprint density at radius 1 is 1.39 bits per heavy atom. The molecule has 10 heteroatoms. The van der Waals surface area contributed by atoms with E-state index in [4.69, 9.17) is 4.74 Å². The maximum absolute atomic E-state index is 12.5. The van der Waals surface area contributed by atoms with Crippen molar-refractivity contribution < 1.29 is 29.0 Å². The van der Waals surface area contributed by atoms with Gasteiger partial charge in [-0.05, 0) is 11.4 Å². The van der Waals surface area contributed by atoms with E-state index in [-0.39, 0.29) is 30.5 Å². The fourth-order valence-electron chi connectivity index (χ4n) is 2.92. The van der Waals surface area contributed by atoms with E-state index in [2.05, 4.69) is 5.32 Å². The van der Waals surface area contributed by atoms with Crippen LogP contribution < -0.4 is 5.32 Å². The molecule has 0 saturated carbocycles. The Labute approximate surface area is 169 Å². The number of ether oxygens (including phenoxy) is 1. The molecule has 28 heavy (non-hydrogen) atoms. The van der Waals surface area contributed by atoms with E-state index in [1.54, 1.807) is 13.8 Å². The molecule has 0 radical (unpaired) electrons.